The number of benzene rings is 1. The largest absolute Gasteiger partial charge is 0.502 e. The lowest BCUT2D eigenvalue weighted by Crippen LogP contribution is -2.37. The van der Waals surface area contributed by atoms with E-state index in [9.17, 15) is 5.11 Å². The van der Waals surface area contributed by atoms with E-state index in [1.54, 1.807) is 0 Å². The third-order valence-electron chi connectivity index (χ3n) is 3.45. The van der Waals surface area contributed by atoms with E-state index in [-0.39, 0.29) is 11.2 Å². The lowest BCUT2D eigenvalue weighted by molar-refractivity contribution is 0.284. The van der Waals surface area contributed by atoms with Gasteiger partial charge in [0.25, 0.3) is 0 Å². The fraction of sp³-hybridized carbons (Fsp3) is 0.600. The topological polar surface area (TPSA) is 50.7 Å². The predicted octanol–water partition coefficient (Wildman–Crippen LogP) is 2.93. The number of nitrogens with one attached hydrogen (secondary N) is 1. The Hall–Kier alpha value is -1.42. The van der Waals surface area contributed by atoms with Crippen molar-refractivity contribution >= 4 is 0 Å². The van der Waals surface area contributed by atoms with Crippen LogP contribution in [-0.4, -0.2) is 25.4 Å². The Morgan fingerprint density at radius 1 is 1.16 bits per heavy atom. The van der Waals surface area contributed by atoms with E-state index >= 15 is 0 Å². The first kappa shape index (κ1) is 15.6. The molecule has 0 spiro atoms. The number of ether oxygens (including phenoxy) is 2. The summed E-state index contributed by atoms with van der Waals surface area (Å²) < 4.78 is 10.3. The summed E-state index contributed by atoms with van der Waals surface area (Å²) in [5.74, 6) is 0.900. The van der Waals surface area contributed by atoms with Gasteiger partial charge in [-0.3, -0.25) is 0 Å². The second-order valence-electron chi connectivity index (χ2n) is 5.82. The minimum Gasteiger partial charge on any atom is -0.502 e. The maximum atomic E-state index is 9.85. The molecule has 0 aliphatic carbocycles. The molecule has 0 aliphatic heterocycles. The Balaban J connectivity index is 2.85. The SMILES string of the molecule is COc1cc(CNC(C)C(C)(C)C)cc(OC)c1O. The van der Waals surface area contributed by atoms with Gasteiger partial charge in [0, 0.05) is 12.6 Å². The lowest BCUT2D eigenvalue weighted by atomic mass is 9.88. The first-order valence-corrected chi connectivity index (χ1v) is 6.46. The molecular formula is C15H25NO3. The Morgan fingerprint density at radius 2 is 1.63 bits per heavy atom. The van der Waals surface area contributed by atoms with Crippen LogP contribution in [0.15, 0.2) is 12.1 Å². The summed E-state index contributed by atoms with van der Waals surface area (Å²) in [5.41, 5.74) is 1.22. The van der Waals surface area contributed by atoms with Gasteiger partial charge < -0.3 is 19.9 Å². The molecule has 0 amide bonds. The monoisotopic (exact) mass is 267 g/mol. The quantitative estimate of drug-likeness (QED) is 0.861. The number of rotatable bonds is 5. The van der Waals surface area contributed by atoms with Crippen molar-refractivity contribution in [3.8, 4) is 17.2 Å². The molecule has 1 rings (SSSR count). The molecule has 1 unspecified atom stereocenters. The van der Waals surface area contributed by atoms with E-state index in [1.807, 2.05) is 12.1 Å². The van der Waals surface area contributed by atoms with E-state index in [0.29, 0.717) is 24.1 Å². The minimum absolute atomic E-state index is 0.0395. The van der Waals surface area contributed by atoms with Gasteiger partial charge in [-0.05, 0) is 30.0 Å². The maximum Gasteiger partial charge on any atom is 0.200 e. The number of hydrogen-bond acceptors (Lipinski definition) is 4. The number of hydrogen-bond donors (Lipinski definition) is 2. The molecule has 108 valence electrons. The zero-order valence-electron chi connectivity index (χ0n) is 12.7. The Labute approximate surface area is 115 Å². The van der Waals surface area contributed by atoms with Crippen molar-refractivity contribution in [3.05, 3.63) is 17.7 Å². The molecule has 1 aromatic rings. The van der Waals surface area contributed by atoms with Crippen molar-refractivity contribution in [2.24, 2.45) is 5.41 Å². The molecule has 2 N–H and O–H groups in total. The highest BCUT2D eigenvalue weighted by atomic mass is 16.5. The van der Waals surface area contributed by atoms with Crippen molar-refractivity contribution < 1.29 is 14.6 Å². The zero-order chi connectivity index (χ0) is 14.6. The first-order valence-electron chi connectivity index (χ1n) is 6.46. The number of aromatic hydroxyl groups is 1. The molecule has 0 saturated heterocycles. The molecule has 0 aromatic heterocycles. The van der Waals surface area contributed by atoms with Crippen LogP contribution in [-0.2, 0) is 6.54 Å². The van der Waals surface area contributed by atoms with Gasteiger partial charge >= 0.3 is 0 Å². The fourth-order valence-electron chi connectivity index (χ4n) is 1.63. The average molecular weight is 267 g/mol. The van der Waals surface area contributed by atoms with Crippen LogP contribution >= 0.6 is 0 Å². The summed E-state index contributed by atoms with van der Waals surface area (Å²) in [6.07, 6.45) is 0. The van der Waals surface area contributed by atoms with Crippen molar-refractivity contribution in [3.63, 3.8) is 0 Å². The minimum atomic E-state index is 0.0395. The van der Waals surface area contributed by atoms with Gasteiger partial charge in [-0.15, -0.1) is 0 Å². The highest BCUT2D eigenvalue weighted by Crippen LogP contribution is 2.37. The summed E-state index contributed by atoms with van der Waals surface area (Å²) in [6, 6.07) is 4.01. The van der Waals surface area contributed by atoms with Gasteiger partial charge in [0.15, 0.2) is 11.5 Å². The lowest BCUT2D eigenvalue weighted by Gasteiger charge is -2.28. The predicted molar refractivity (Wildman–Crippen MR) is 77.0 cm³/mol. The Bertz CT molecular complexity index is 399. The molecule has 1 atom stereocenters. The molecule has 4 heteroatoms. The van der Waals surface area contributed by atoms with Gasteiger partial charge in [0.05, 0.1) is 14.2 Å². The molecular weight excluding hydrogens is 242 g/mol. The second kappa shape index (κ2) is 6.15. The summed E-state index contributed by atoms with van der Waals surface area (Å²) in [6.45, 7) is 9.45. The highest BCUT2D eigenvalue weighted by molar-refractivity contribution is 5.52. The molecule has 0 radical (unpaired) electrons. The fourth-order valence-corrected chi connectivity index (χ4v) is 1.63. The van der Waals surface area contributed by atoms with Crippen LogP contribution in [0.4, 0.5) is 0 Å². The summed E-state index contributed by atoms with van der Waals surface area (Å²) in [5, 5.41) is 13.3. The van der Waals surface area contributed by atoms with E-state index in [0.717, 1.165) is 5.56 Å². The van der Waals surface area contributed by atoms with Gasteiger partial charge in [-0.25, -0.2) is 0 Å². The van der Waals surface area contributed by atoms with E-state index < -0.39 is 0 Å². The third-order valence-corrected chi connectivity index (χ3v) is 3.45. The molecule has 0 bridgehead atoms. The van der Waals surface area contributed by atoms with Crippen LogP contribution in [0.2, 0.25) is 0 Å². The van der Waals surface area contributed by atoms with E-state index in [1.165, 1.54) is 14.2 Å². The molecule has 4 nitrogen and oxygen atoms in total. The second-order valence-corrected chi connectivity index (χ2v) is 5.82. The molecule has 1 aromatic carbocycles. The highest BCUT2D eigenvalue weighted by Gasteiger charge is 2.19. The molecule has 0 aliphatic rings. The maximum absolute atomic E-state index is 9.85. The van der Waals surface area contributed by atoms with Crippen molar-refractivity contribution in [1.29, 1.82) is 0 Å². The van der Waals surface area contributed by atoms with Gasteiger partial charge in [0.2, 0.25) is 5.75 Å². The summed E-state index contributed by atoms with van der Waals surface area (Å²) >= 11 is 0. The van der Waals surface area contributed by atoms with Crippen LogP contribution in [0, 0.1) is 5.41 Å². The molecule has 0 heterocycles. The number of methoxy groups -OCH3 is 2. The van der Waals surface area contributed by atoms with E-state index in [4.69, 9.17) is 9.47 Å². The van der Waals surface area contributed by atoms with Gasteiger partial charge in [-0.1, -0.05) is 20.8 Å². The van der Waals surface area contributed by atoms with Gasteiger partial charge in [-0.2, -0.15) is 0 Å². The standard InChI is InChI=1S/C15H25NO3/c1-10(15(2,3)4)16-9-11-7-12(18-5)14(17)13(8-11)19-6/h7-8,10,16-17H,9H2,1-6H3. The average Bonchev–Trinajstić information content (AvgIpc) is 2.35. The zero-order valence-corrected chi connectivity index (χ0v) is 12.7. The smallest absolute Gasteiger partial charge is 0.200 e. The summed E-state index contributed by atoms with van der Waals surface area (Å²) in [7, 11) is 3.06. The van der Waals surface area contributed by atoms with Crippen LogP contribution in [0.3, 0.4) is 0 Å². The van der Waals surface area contributed by atoms with E-state index in [2.05, 4.69) is 33.0 Å². The normalized spacial score (nSPS) is 13.2. The van der Waals surface area contributed by atoms with Gasteiger partial charge in [0.1, 0.15) is 0 Å². The Morgan fingerprint density at radius 3 is 2.00 bits per heavy atom. The molecule has 0 fully saturated rings. The first-order chi connectivity index (χ1) is 8.79. The van der Waals surface area contributed by atoms with Crippen molar-refractivity contribution in [2.45, 2.75) is 40.3 Å². The molecule has 19 heavy (non-hydrogen) atoms. The molecule has 0 saturated carbocycles. The summed E-state index contributed by atoms with van der Waals surface area (Å²) in [4.78, 5) is 0. The van der Waals surface area contributed by atoms with Crippen LogP contribution in [0.25, 0.3) is 0 Å². The Kier molecular flexibility index (Phi) is 5.06. The van der Waals surface area contributed by atoms with Crippen LogP contribution in [0.5, 0.6) is 17.2 Å². The third kappa shape index (κ3) is 4.03. The van der Waals surface area contributed by atoms with Crippen molar-refractivity contribution in [2.75, 3.05) is 14.2 Å². The van der Waals surface area contributed by atoms with Crippen LogP contribution < -0.4 is 14.8 Å². The van der Waals surface area contributed by atoms with Crippen molar-refractivity contribution in [1.82, 2.24) is 5.32 Å². The number of phenolic OH excluding ortho intramolecular Hbond substituents is 1. The van der Waals surface area contributed by atoms with Crippen LogP contribution in [0.1, 0.15) is 33.3 Å². The number of phenols is 1.